The maximum absolute atomic E-state index is 11.9. The number of nitrogens with zero attached hydrogens (tertiary/aromatic N) is 2. The largest absolute Gasteiger partial charge is 0.369 e. The van der Waals surface area contributed by atoms with Crippen LogP contribution in [0.4, 0.5) is 5.13 Å². The normalized spacial score (nSPS) is 26.3. The first-order valence-corrected chi connectivity index (χ1v) is 6.55. The van der Waals surface area contributed by atoms with Crippen LogP contribution in [0.25, 0.3) is 0 Å². The first-order chi connectivity index (χ1) is 8.01. The number of carbonyl (C=O) groups excluding carboxylic acids is 1. The van der Waals surface area contributed by atoms with Crippen LogP contribution in [0.5, 0.6) is 0 Å². The Morgan fingerprint density at radius 1 is 1.59 bits per heavy atom. The van der Waals surface area contributed by atoms with E-state index in [2.05, 4.69) is 11.9 Å². The topological polar surface area (TPSA) is 53.4 Å². The molecule has 0 bridgehead atoms. The zero-order chi connectivity index (χ0) is 12.2. The molecule has 1 aliphatic carbocycles. The molecule has 1 unspecified atom stereocenters. The molecule has 0 saturated heterocycles. The third-order valence-corrected chi connectivity index (χ3v) is 4.38. The SMILES string of the molecule is CC1=CC(O)N(c2nc(C3(C)CC3)cs2)C1=O. The molecule has 1 fully saturated rings. The van der Waals surface area contributed by atoms with Gasteiger partial charge < -0.3 is 5.11 Å². The minimum Gasteiger partial charge on any atom is -0.369 e. The van der Waals surface area contributed by atoms with Crippen LogP contribution in [0.2, 0.25) is 0 Å². The Kier molecular flexibility index (Phi) is 2.18. The lowest BCUT2D eigenvalue weighted by Crippen LogP contribution is -2.34. The van der Waals surface area contributed by atoms with Crippen molar-refractivity contribution in [1.29, 1.82) is 0 Å². The van der Waals surface area contributed by atoms with Crippen LogP contribution in [-0.4, -0.2) is 22.2 Å². The third kappa shape index (κ3) is 1.61. The highest BCUT2D eigenvalue weighted by Gasteiger charge is 2.42. The lowest BCUT2D eigenvalue weighted by molar-refractivity contribution is -0.115. The molecule has 1 N–H and O–H groups in total. The van der Waals surface area contributed by atoms with Gasteiger partial charge in [0.05, 0.1) is 5.69 Å². The minimum atomic E-state index is -0.867. The van der Waals surface area contributed by atoms with Gasteiger partial charge in [-0.1, -0.05) is 6.92 Å². The monoisotopic (exact) mass is 250 g/mol. The van der Waals surface area contributed by atoms with Crippen LogP contribution in [0.15, 0.2) is 17.0 Å². The Labute approximate surface area is 104 Å². The van der Waals surface area contributed by atoms with Gasteiger partial charge in [0, 0.05) is 16.4 Å². The fourth-order valence-corrected chi connectivity index (χ4v) is 2.99. The molecule has 1 aromatic rings. The summed E-state index contributed by atoms with van der Waals surface area (Å²) in [6.45, 7) is 3.89. The van der Waals surface area contributed by atoms with E-state index in [1.54, 1.807) is 13.0 Å². The molecule has 1 atom stereocenters. The van der Waals surface area contributed by atoms with E-state index < -0.39 is 6.23 Å². The fraction of sp³-hybridized carbons (Fsp3) is 0.500. The van der Waals surface area contributed by atoms with E-state index in [0.717, 1.165) is 18.5 Å². The number of aromatic nitrogens is 1. The summed E-state index contributed by atoms with van der Waals surface area (Å²) in [5, 5.41) is 12.4. The Balaban J connectivity index is 1.90. The maximum atomic E-state index is 11.9. The van der Waals surface area contributed by atoms with Gasteiger partial charge in [0.1, 0.15) is 0 Å². The molecule has 17 heavy (non-hydrogen) atoms. The van der Waals surface area contributed by atoms with Crippen LogP contribution in [0.1, 0.15) is 32.4 Å². The van der Waals surface area contributed by atoms with E-state index in [1.807, 2.05) is 5.38 Å². The summed E-state index contributed by atoms with van der Waals surface area (Å²) in [6.07, 6.45) is 3.00. The number of anilines is 1. The number of aliphatic hydroxyl groups excluding tert-OH is 1. The fourth-order valence-electron chi connectivity index (χ4n) is 1.98. The van der Waals surface area contributed by atoms with Crippen LogP contribution in [-0.2, 0) is 10.2 Å². The van der Waals surface area contributed by atoms with Gasteiger partial charge >= 0.3 is 0 Å². The number of rotatable bonds is 2. The zero-order valence-corrected chi connectivity index (χ0v) is 10.6. The summed E-state index contributed by atoms with van der Waals surface area (Å²) in [5.74, 6) is -0.153. The molecular formula is C12H14N2O2S. The average Bonchev–Trinajstić information content (AvgIpc) is 2.73. The average molecular weight is 250 g/mol. The smallest absolute Gasteiger partial charge is 0.257 e. The maximum Gasteiger partial charge on any atom is 0.257 e. The van der Waals surface area contributed by atoms with Crippen molar-refractivity contribution in [3.8, 4) is 0 Å². The standard InChI is InChI=1S/C12H14N2O2S/c1-7-5-9(15)14(10(7)16)11-13-8(6-17-11)12(2)3-4-12/h5-6,9,15H,3-4H2,1-2H3. The molecule has 5 heteroatoms. The predicted molar refractivity (Wildman–Crippen MR) is 65.9 cm³/mol. The van der Waals surface area contributed by atoms with E-state index in [-0.39, 0.29) is 11.3 Å². The van der Waals surface area contributed by atoms with E-state index in [1.165, 1.54) is 16.2 Å². The first-order valence-electron chi connectivity index (χ1n) is 5.67. The van der Waals surface area contributed by atoms with Crippen LogP contribution >= 0.6 is 11.3 Å². The van der Waals surface area contributed by atoms with Crippen molar-refractivity contribution < 1.29 is 9.90 Å². The summed E-state index contributed by atoms with van der Waals surface area (Å²) in [5.41, 5.74) is 1.82. The van der Waals surface area contributed by atoms with E-state index in [9.17, 15) is 9.90 Å². The van der Waals surface area contributed by atoms with Crippen molar-refractivity contribution in [3.05, 3.63) is 22.7 Å². The molecule has 2 heterocycles. The second-order valence-corrected chi connectivity index (χ2v) is 5.85. The molecule has 2 aliphatic rings. The van der Waals surface area contributed by atoms with Gasteiger partial charge in [0.25, 0.3) is 5.91 Å². The number of amides is 1. The second-order valence-electron chi connectivity index (χ2n) is 5.01. The van der Waals surface area contributed by atoms with E-state index >= 15 is 0 Å². The van der Waals surface area contributed by atoms with Crippen molar-refractivity contribution in [2.45, 2.75) is 38.3 Å². The summed E-state index contributed by atoms with van der Waals surface area (Å²) < 4.78 is 0. The van der Waals surface area contributed by atoms with Gasteiger partial charge in [-0.05, 0) is 25.8 Å². The Bertz CT molecular complexity index is 516. The van der Waals surface area contributed by atoms with Gasteiger partial charge in [-0.3, -0.25) is 9.69 Å². The van der Waals surface area contributed by atoms with Gasteiger partial charge in [-0.25, -0.2) is 4.98 Å². The highest BCUT2D eigenvalue weighted by atomic mass is 32.1. The zero-order valence-electron chi connectivity index (χ0n) is 9.80. The summed E-state index contributed by atoms with van der Waals surface area (Å²) >= 11 is 1.42. The molecule has 0 spiro atoms. The van der Waals surface area contributed by atoms with Crippen molar-refractivity contribution in [2.75, 3.05) is 4.90 Å². The molecular weight excluding hydrogens is 236 g/mol. The van der Waals surface area contributed by atoms with Gasteiger partial charge in [-0.15, -0.1) is 11.3 Å². The Morgan fingerprint density at radius 3 is 2.82 bits per heavy atom. The summed E-state index contributed by atoms with van der Waals surface area (Å²) in [4.78, 5) is 17.7. The molecule has 0 aromatic carbocycles. The van der Waals surface area contributed by atoms with Gasteiger partial charge in [0.15, 0.2) is 11.4 Å². The lowest BCUT2D eigenvalue weighted by atomic mass is 10.1. The molecule has 1 saturated carbocycles. The number of hydrogen-bond donors (Lipinski definition) is 1. The highest BCUT2D eigenvalue weighted by molar-refractivity contribution is 7.14. The minimum absolute atomic E-state index is 0.153. The number of aliphatic hydroxyl groups is 1. The number of hydrogen-bond acceptors (Lipinski definition) is 4. The van der Waals surface area contributed by atoms with Gasteiger partial charge in [-0.2, -0.15) is 0 Å². The molecule has 4 nitrogen and oxygen atoms in total. The first kappa shape index (κ1) is 10.9. The molecule has 1 aromatic heterocycles. The lowest BCUT2D eigenvalue weighted by Gasteiger charge is -2.17. The summed E-state index contributed by atoms with van der Waals surface area (Å²) in [6, 6.07) is 0. The van der Waals surface area contributed by atoms with Crippen molar-refractivity contribution in [3.63, 3.8) is 0 Å². The molecule has 0 radical (unpaired) electrons. The van der Waals surface area contributed by atoms with Crippen LogP contribution in [0.3, 0.4) is 0 Å². The van der Waals surface area contributed by atoms with Gasteiger partial charge in [0.2, 0.25) is 0 Å². The Hall–Kier alpha value is -1.20. The second kappa shape index (κ2) is 3.40. The highest BCUT2D eigenvalue weighted by Crippen LogP contribution is 2.48. The molecule has 1 amide bonds. The third-order valence-electron chi connectivity index (χ3n) is 3.54. The van der Waals surface area contributed by atoms with Crippen molar-refractivity contribution in [2.24, 2.45) is 0 Å². The Morgan fingerprint density at radius 2 is 2.29 bits per heavy atom. The molecule has 1 aliphatic heterocycles. The number of carbonyl (C=O) groups is 1. The molecule has 90 valence electrons. The summed E-state index contributed by atoms with van der Waals surface area (Å²) in [7, 11) is 0. The number of thiazole rings is 1. The van der Waals surface area contributed by atoms with Crippen molar-refractivity contribution >= 4 is 22.4 Å². The molecule has 3 rings (SSSR count). The van der Waals surface area contributed by atoms with Crippen LogP contribution < -0.4 is 4.90 Å². The van der Waals surface area contributed by atoms with Crippen LogP contribution in [0, 0.1) is 0 Å². The van der Waals surface area contributed by atoms with Crippen molar-refractivity contribution in [1.82, 2.24) is 4.98 Å². The quantitative estimate of drug-likeness (QED) is 0.871. The predicted octanol–water partition coefficient (Wildman–Crippen LogP) is 1.81. The van der Waals surface area contributed by atoms with E-state index in [0.29, 0.717) is 10.7 Å². The van der Waals surface area contributed by atoms with E-state index in [4.69, 9.17) is 0 Å².